The van der Waals surface area contributed by atoms with E-state index in [0.29, 0.717) is 10.6 Å². The van der Waals surface area contributed by atoms with Gasteiger partial charge in [-0.3, -0.25) is 4.79 Å². The Bertz CT molecular complexity index is 500. The van der Waals surface area contributed by atoms with E-state index in [2.05, 4.69) is 15.4 Å². The van der Waals surface area contributed by atoms with E-state index in [-0.39, 0.29) is 5.82 Å². The van der Waals surface area contributed by atoms with Gasteiger partial charge >= 0.3 is 0 Å². The lowest BCUT2D eigenvalue weighted by Crippen LogP contribution is -2.18. The largest absolute Gasteiger partial charge is 0.368 e. The summed E-state index contributed by atoms with van der Waals surface area (Å²) in [7, 11) is 0. The molecule has 2 rings (SSSR count). The first-order valence-electron chi connectivity index (χ1n) is 4.74. The summed E-state index contributed by atoms with van der Waals surface area (Å²) in [5.41, 5.74) is 5.94. The number of aromatic nitrogens is 3. The summed E-state index contributed by atoms with van der Waals surface area (Å²) in [5, 5.41) is 9.84. The summed E-state index contributed by atoms with van der Waals surface area (Å²) in [6.07, 6.45) is 1.49. The molecule has 1 heterocycles. The fourth-order valence-corrected chi connectivity index (χ4v) is 2.15. The molecule has 5 nitrogen and oxygen atoms in total. The summed E-state index contributed by atoms with van der Waals surface area (Å²) in [4.78, 5) is 11.4. The molecule has 0 aliphatic heterocycles. The lowest BCUT2D eigenvalue weighted by molar-refractivity contribution is -0.117. The molecule has 0 saturated heterocycles. The van der Waals surface area contributed by atoms with Gasteiger partial charge in [-0.05, 0) is 17.7 Å². The zero-order valence-corrected chi connectivity index (χ0v) is 9.45. The molecule has 17 heavy (non-hydrogen) atoms. The average Bonchev–Trinajstić information content (AvgIpc) is 2.80. The van der Waals surface area contributed by atoms with Crippen LogP contribution in [0.2, 0.25) is 0 Å². The van der Waals surface area contributed by atoms with Gasteiger partial charge in [0.05, 0.1) is 6.20 Å². The van der Waals surface area contributed by atoms with Crippen molar-refractivity contribution >= 4 is 17.7 Å². The zero-order valence-electron chi connectivity index (χ0n) is 8.63. The van der Waals surface area contributed by atoms with E-state index < -0.39 is 11.2 Å². The highest BCUT2D eigenvalue weighted by atomic mass is 32.2. The standard InChI is InChI=1S/C10H9FN4OS/c11-7-3-1-6(2-4-7)9(10(12)16)17-8-5-13-15-14-8/h1-5,9H,(H2,12,16)(H,13,14,15)/t9-/m0/s1. The van der Waals surface area contributed by atoms with Gasteiger partial charge in [-0.15, -0.1) is 5.10 Å². The predicted octanol–water partition coefficient (Wildman–Crippen LogP) is 1.26. The van der Waals surface area contributed by atoms with E-state index in [1.807, 2.05) is 0 Å². The van der Waals surface area contributed by atoms with Crippen molar-refractivity contribution in [2.75, 3.05) is 0 Å². The van der Waals surface area contributed by atoms with Gasteiger partial charge in [0, 0.05) is 0 Å². The molecule has 0 bridgehead atoms. The molecule has 88 valence electrons. The van der Waals surface area contributed by atoms with Crippen molar-refractivity contribution in [1.82, 2.24) is 15.4 Å². The van der Waals surface area contributed by atoms with Crippen LogP contribution in [-0.4, -0.2) is 21.3 Å². The van der Waals surface area contributed by atoms with Crippen molar-refractivity contribution < 1.29 is 9.18 Å². The minimum absolute atomic E-state index is 0.358. The Kier molecular flexibility index (Phi) is 3.38. The Labute approximate surface area is 101 Å². The molecule has 0 unspecified atom stereocenters. The van der Waals surface area contributed by atoms with Crippen molar-refractivity contribution in [3.63, 3.8) is 0 Å². The van der Waals surface area contributed by atoms with E-state index in [9.17, 15) is 9.18 Å². The number of carbonyl (C=O) groups excluding carboxylic acids is 1. The first-order chi connectivity index (χ1) is 8.16. The number of rotatable bonds is 4. The number of aromatic amines is 1. The van der Waals surface area contributed by atoms with Gasteiger partial charge in [0.25, 0.3) is 0 Å². The highest BCUT2D eigenvalue weighted by molar-refractivity contribution is 8.00. The maximum atomic E-state index is 12.8. The second-order valence-corrected chi connectivity index (χ2v) is 4.39. The molecule has 0 fully saturated rings. The monoisotopic (exact) mass is 252 g/mol. The minimum Gasteiger partial charge on any atom is -0.368 e. The summed E-state index contributed by atoms with van der Waals surface area (Å²) < 4.78 is 12.8. The van der Waals surface area contributed by atoms with Crippen LogP contribution in [-0.2, 0) is 4.79 Å². The van der Waals surface area contributed by atoms with Crippen LogP contribution in [0.3, 0.4) is 0 Å². The van der Waals surface area contributed by atoms with E-state index in [1.165, 1.54) is 30.5 Å². The number of halogens is 1. The molecule has 1 amide bonds. The second kappa shape index (κ2) is 4.96. The van der Waals surface area contributed by atoms with Gasteiger partial charge in [0.2, 0.25) is 5.91 Å². The van der Waals surface area contributed by atoms with E-state index in [4.69, 9.17) is 5.73 Å². The maximum absolute atomic E-state index is 12.8. The average molecular weight is 252 g/mol. The van der Waals surface area contributed by atoms with Crippen molar-refractivity contribution in [2.24, 2.45) is 5.73 Å². The highest BCUT2D eigenvalue weighted by Crippen LogP contribution is 2.33. The van der Waals surface area contributed by atoms with E-state index >= 15 is 0 Å². The topological polar surface area (TPSA) is 84.7 Å². The van der Waals surface area contributed by atoms with Crippen LogP contribution in [0, 0.1) is 5.82 Å². The lowest BCUT2D eigenvalue weighted by atomic mass is 10.1. The van der Waals surface area contributed by atoms with Gasteiger partial charge in [-0.2, -0.15) is 10.3 Å². The summed E-state index contributed by atoms with van der Waals surface area (Å²) >= 11 is 1.16. The van der Waals surface area contributed by atoms with Crippen LogP contribution in [0.5, 0.6) is 0 Å². The first-order valence-corrected chi connectivity index (χ1v) is 5.62. The SMILES string of the molecule is NC(=O)[C@@H](Sc1cn[nH]n1)c1ccc(F)cc1. The molecule has 0 spiro atoms. The third-order valence-electron chi connectivity index (χ3n) is 2.06. The van der Waals surface area contributed by atoms with Gasteiger partial charge in [-0.25, -0.2) is 4.39 Å². The van der Waals surface area contributed by atoms with Gasteiger partial charge in [0.15, 0.2) is 0 Å². The second-order valence-electron chi connectivity index (χ2n) is 3.26. The van der Waals surface area contributed by atoms with Crippen LogP contribution in [0.25, 0.3) is 0 Å². The van der Waals surface area contributed by atoms with Crippen molar-refractivity contribution in [3.8, 4) is 0 Å². The van der Waals surface area contributed by atoms with Gasteiger partial charge in [0.1, 0.15) is 16.1 Å². The van der Waals surface area contributed by atoms with Gasteiger partial charge < -0.3 is 5.73 Å². The Morgan fingerprint density at radius 1 is 1.41 bits per heavy atom. The lowest BCUT2D eigenvalue weighted by Gasteiger charge is -2.11. The highest BCUT2D eigenvalue weighted by Gasteiger charge is 2.20. The number of amides is 1. The normalized spacial score (nSPS) is 12.3. The number of hydrogen-bond donors (Lipinski definition) is 2. The molecule has 2 aromatic rings. The molecule has 0 saturated carbocycles. The summed E-state index contributed by atoms with van der Waals surface area (Å²) in [6, 6.07) is 5.62. The van der Waals surface area contributed by atoms with Crippen LogP contribution >= 0.6 is 11.8 Å². The molecule has 7 heteroatoms. The number of carbonyl (C=O) groups is 1. The number of nitrogens with one attached hydrogen (secondary N) is 1. The third kappa shape index (κ3) is 2.82. The number of benzene rings is 1. The number of hydrogen-bond acceptors (Lipinski definition) is 4. The maximum Gasteiger partial charge on any atom is 0.235 e. The zero-order chi connectivity index (χ0) is 12.3. The molecule has 0 radical (unpaired) electrons. The Balaban J connectivity index is 2.23. The van der Waals surface area contributed by atoms with Crippen molar-refractivity contribution in [1.29, 1.82) is 0 Å². The molecule has 1 aromatic carbocycles. The van der Waals surface area contributed by atoms with E-state index in [0.717, 1.165) is 11.8 Å². The molecular weight excluding hydrogens is 243 g/mol. The smallest absolute Gasteiger partial charge is 0.235 e. The van der Waals surface area contributed by atoms with E-state index in [1.54, 1.807) is 0 Å². The molecule has 3 N–H and O–H groups in total. The Hall–Kier alpha value is -1.89. The number of H-pyrrole nitrogens is 1. The third-order valence-corrected chi connectivity index (χ3v) is 3.24. The van der Waals surface area contributed by atoms with Crippen LogP contribution < -0.4 is 5.73 Å². The minimum atomic E-state index is -0.610. The summed E-state index contributed by atoms with van der Waals surface area (Å²) in [6.45, 7) is 0. The summed E-state index contributed by atoms with van der Waals surface area (Å²) in [5.74, 6) is -0.868. The molecule has 1 aromatic heterocycles. The Morgan fingerprint density at radius 3 is 2.65 bits per heavy atom. The number of nitrogens with zero attached hydrogens (tertiary/aromatic N) is 2. The Morgan fingerprint density at radius 2 is 2.12 bits per heavy atom. The number of primary amides is 1. The fraction of sp³-hybridized carbons (Fsp3) is 0.100. The van der Waals surface area contributed by atoms with Crippen LogP contribution in [0.4, 0.5) is 4.39 Å². The quantitative estimate of drug-likeness (QED) is 0.802. The van der Waals surface area contributed by atoms with Crippen molar-refractivity contribution in [2.45, 2.75) is 10.3 Å². The molecular formula is C10H9FN4OS. The van der Waals surface area contributed by atoms with Crippen molar-refractivity contribution in [3.05, 3.63) is 41.8 Å². The van der Waals surface area contributed by atoms with Crippen LogP contribution in [0.1, 0.15) is 10.8 Å². The fourth-order valence-electron chi connectivity index (χ4n) is 1.30. The first kappa shape index (κ1) is 11.6. The number of nitrogens with two attached hydrogens (primary N) is 1. The van der Waals surface area contributed by atoms with Crippen LogP contribution in [0.15, 0.2) is 35.5 Å². The predicted molar refractivity (Wildman–Crippen MR) is 60.6 cm³/mol. The molecule has 0 aliphatic carbocycles. The van der Waals surface area contributed by atoms with Gasteiger partial charge in [-0.1, -0.05) is 23.9 Å². The number of thioether (sulfide) groups is 1. The molecule has 1 atom stereocenters. The molecule has 0 aliphatic rings.